The van der Waals surface area contributed by atoms with Gasteiger partial charge in [0.2, 0.25) is 0 Å². The Bertz CT molecular complexity index is 1260. The molecule has 8 heteroatoms. The topological polar surface area (TPSA) is 70.5 Å². The van der Waals surface area contributed by atoms with Crippen LogP contribution >= 0.6 is 11.8 Å². The molecule has 4 aromatic rings. The van der Waals surface area contributed by atoms with Crippen LogP contribution in [-0.2, 0) is 12.8 Å². The van der Waals surface area contributed by atoms with Crippen LogP contribution in [0, 0.1) is 27.7 Å². The smallest absolute Gasteiger partial charge is 0.244 e. The molecule has 30 heavy (non-hydrogen) atoms. The van der Waals surface area contributed by atoms with E-state index in [1.165, 1.54) is 25.4 Å². The first-order valence-electron chi connectivity index (χ1n) is 9.69. The SMILES string of the molecule is Cc1cc(-n2cc(C)c(C)n2)ccc1SCc1c(C)cccc1-n1nnn(C)c1=O. The maximum Gasteiger partial charge on any atom is 0.368 e. The molecular formula is C22H24N6OS. The first-order chi connectivity index (χ1) is 14.3. The zero-order valence-electron chi connectivity index (χ0n) is 17.7. The molecule has 154 valence electrons. The van der Waals surface area contributed by atoms with Crippen LogP contribution in [0.1, 0.15) is 27.9 Å². The third-order valence-corrected chi connectivity index (χ3v) is 6.48. The van der Waals surface area contributed by atoms with E-state index in [0.717, 1.165) is 33.9 Å². The van der Waals surface area contributed by atoms with Crippen LogP contribution < -0.4 is 5.69 Å². The molecule has 2 aromatic heterocycles. The molecule has 4 rings (SSSR count). The van der Waals surface area contributed by atoms with Gasteiger partial charge in [-0.15, -0.1) is 11.8 Å². The van der Waals surface area contributed by atoms with Crippen molar-refractivity contribution in [1.82, 2.24) is 29.6 Å². The van der Waals surface area contributed by atoms with E-state index in [2.05, 4.69) is 66.8 Å². The second kappa shape index (κ2) is 7.95. The van der Waals surface area contributed by atoms with Crippen molar-refractivity contribution in [2.75, 3.05) is 0 Å². The van der Waals surface area contributed by atoms with Gasteiger partial charge in [-0.1, -0.05) is 12.1 Å². The summed E-state index contributed by atoms with van der Waals surface area (Å²) in [5, 5.41) is 12.4. The summed E-state index contributed by atoms with van der Waals surface area (Å²) < 4.78 is 4.52. The molecule has 2 aromatic carbocycles. The van der Waals surface area contributed by atoms with Crippen molar-refractivity contribution in [2.45, 2.75) is 38.3 Å². The van der Waals surface area contributed by atoms with Crippen LogP contribution in [-0.4, -0.2) is 29.6 Å². The minimum Gasteiger partial charge on any atom is -0.244 e. The van der Waals surface area contributed by atoms with Gasteiger partial charge in [0.1, 0.15) is 0 Å². The summed E-state index contributed by atoms with van der Waals surface area (Å²) in [6, 6.07) is 12.3. The van der Waals surface area contributed by atoms with Gasteiger partial charge in [-0.3, -0.25) is 0 Å². The molecule has 0 bridgehead atoms. The highest BCUT2D eigenvalue weighted by Gasteiger charge is 2.14. The number of thioether (sulfide) groups is 1. The number of rotatable bonds is 5. The number of benzene rings is 2. The van der Waals surface area contributed by atoms with E-state index in [1.807, 2.05) is 23.7 Å². The molecule has 0 N–H and O–H groups in total. The molecule has 0 spiro atoms. The molecule has 0 aliphatic heterocycles. The summed E-state index contributed by atoms with van der Waals surface area (Å²) in [6.07, 6.45) is 2.05. The maximum absolute atomic E-state index is 12.3. The summed E-state index contributed by atoms with van der Waals surface area (Å²) in [4.78, 5) is 13.5. The van der Waals surface area contributed by atoms with E-state index in [9.17, 15) is 4.79 Å². The lowest BCUT2D eigenvalue weighted by atomic mass is 10.1. The Hall–Kier alpha value is -3.13. The lowest BCUT2D eigenvalue weighted by Crippen LogP contribution is -2.23. The van der Waals surface area contributed by atoms with E-state index < -0.39 is 0 Å². The van der Waals surface area contributed by atoms with Crippen molar-refractivity contribution >= 4 is 11.8 Å². The summed E-state index contributed by atoms with van der Waals surface area (Å²) in [6.45, 7) is 8.25. The lowest BCUT2D eigenvalue weighted by Gasteiger charge is -2.13. The monoisotopic (exact) mass is 420 g/mol. The number of hydrogen-bond donors (Lipinski definition) is 0. The molecule has 0 atom stereocenters. The third kappa shape index (κ3) is 3.70. The first-order valence-corrected chi connectivity index (χ1v) is 10.7. The van der Waals surface area contributed by atoms with Crippen LogP contribution in [0.2, 0.25) is 0 Å². The molecule has 0 saturated carbocycles. The van der Waals surface area contributed by atoms with Crippen LogP contribution in [0.3, 0.4) is 0 Å². The van der Waals surface area contributed by atoms with Crippen molar-refractivity contribution in [1.29, 1.82) is 0 Å². The Balaban J connectivity index is 1.61. The van der Waals surface area contributed by atoms with E-state index >= 15 is 0 Å². The maximum atomic E-state index is 12.3. The number of tetrazole rings is 1. The molecule has 0 radical (unpaired) electrons. The van der Waals surface area contributed by atoms with Crippen LogP contribution in [0.4, 0.5) is 0 Å². The standard InChI is InChI=1S/C22H24N6OS/c1-14-7-6-8-20(28-22(29)26(5)24-25-28)19(14)13-30-21-10-9-18(11-15(21)2)27-12-16(3)17(4)23-27/h6-12H,13H2,1-5H3. The first kappa shape index (κ1) is 20.2. The molecule has 0 aliphatic rings. The Morgan fingerprint density at radius 3 is 2.40 bits per heavy atom. The van der Waals surface area contributed by atoms with Gasteiger partial charge in [0.15, 0.2) is 0 Å². The van der Waals surface area contributed by atoms with Crippen molar-refractivity contribution in [3.8, 4) is 11.4 Å². The van der Waals surface area contributed by atoms with Gasteiger partial charge in [0.05, 0.1) is 17.1 Å². The molecular weight excluding hydrogens is 396 g/mol. The number of nitrogens with zero attached hydrogens (tertiary/aromatic N) is 6. The summed E-state index contributed by atoms with van der Waals surface area (Å²) in [5.74, 6) is 0.727. The summed E-state index contributed by atoms with van der Waals surface area (Å²) >= 11 is 1.75. The van der Waals surface area contributed by atoms with Gasteiger partial charge < -0.3 is 0 Å². The molecule has 7 nitrogen and oxygen atoms in total. The summed E-state index contributed by atoms with van der Waals surface area (Å²) in [5.41, 5.74) is 7.18. The normalized spacial score (nSPS) is 11.2. The molecule has 0 saturated heterocycles. The molecule has 2 heterocycles. The Morgan fingerprint density at radius 1 is 0.967 bits per heavy atom. The van der Waals surface area contributed by atoms with Crippen molar-refractivity contribution < 1.29 is 0 Å². The average molecular weight is 421 g/mol. The Morgan fingerprint density at radius 2 is 1.77 bits per heavy atom. The second-order valence-electron chi connectivity index (χ2n) is 7.45. The van der Waals surface area contributed by atoms with Gasteiger partial charge >= 0.3 is 5.69 Å². The average Bonchev–Trinajstić information content (AvgIpc) is 3.23. The minimum absolute atomic E-state index is 0.253. The van der Waals surface area contributed by atoms with Crippen molar-refractivity contribution in [3.05, 3.63) is 81.0 Å². The minimum atomic E-state index is -0.253. The number of aromatic nitrogens is 6. The predicted octanol–water partition coefficient (Wildman–Crippen LogP) is 3.68. The van der Waals surface area contributed by atoms with Crippen molar-refractivity contribution in [3.63, 3.8) is 0 Å². The van der Waals surface area contributed by atoms with Gasteiger partial charge in [-0.2, -0.15) is 14.5 Å². The van der Waals surface area contributed by atoms with E-state index in [4.69, 9.17) is 0 Å². The fourth-order valence-electron chi connectivity index (χ4n) is 3.30. The highest BCUT2D eigenvalue weighted by Crippen LogP contribution is 2.31. The molecule has 0 aliphatic carbocycles. The van der Waals surface area contributed by atoms with Gasteiger partial charge in [-0.25, -0.2) is 9.48 Å². The molecule has 0 amide bonds. The number of aryl methyl sites for hydroxylation is 5. The highest BCUT2D eigenvalue weighted by molar-refractivity contribution is 7.98. The second-order valence-corrected chi connectivity index (χ2v) is 8.47. The molecule has 0 fully saturated rings. The quantitative estimate of drug-likeness (QED) is 0.461. The zero-order chi connectivity index (χ0) is 21.4. The fourth-order valence-corrected chi connectivity index (χ4v) is 4.43. The van der Waals surface area contributed by atoms with E-state index in [0.29, 0.717) is 0 Å². The van der Waals surface area contributed by atoms with Gasteiger partial charge in [0, 0.05) is 23.9 Å². The fraction of sp³-hybridized carbons (Fsp3) is 0.273. The molecule has 0 unspecified atom stereocenters. The van der Waals surface area contributed by atoms with E-state index in [1.54, 1.807) is 18.8 Å². The van der Waals surface area contributed by atoms with Crippen LogP contribution in [0.5, 0.6) is 0 Å². The highest BCUT2D eigenvalue weighted by atomic mass is 32.2. The predicted molar refractivity (Wildman–Crippen MR) is 119 cm³/mol. The zero-order valence-corrected chi connectivity index (χ0v) is 18.6. The Labute approximate surface area is 179 Å². The Kier molecular flexibility index (Phi) is 5.34. The van der Waals surface area contributed by atoms with Crippen molar-refractivity contribution in [2.24, 2.45) is 7.05 Å². The largest absolute Gasteiger partial charge is 0.368 e. The van der Waals surface area contributed by atoms with E-state index in [-0.39, 0.29) is 5.69 Å². The third-order valence-electron chi connectivity index (χ3n) is 5.27. The summed E-state index contributed by atoms with van der Waals surface area (Å²) in [7, 11) is 1.60. The van der Waals surface area contributed by atoms with Gasteiger partial charge in [0.25, 0.3) is 0 Å². The van der Waals surface area contributed by atoms with Crippen LogP contribution in [0.15, 0.2) is 52.3 Å². The van der Waals surface area contributed by atoms with Crippen LogP contribution in [0.25, 0.3) is 11.4 Å². The van der Waals surface area contributed by atoms with Gasteiger partial charge in [-0.05, 0) is 84.6 Å². The number of hydrogen-bond acceptors (Lipinski definition) is 5. The lowest BCUT2D eigenvalue weighted by molar-refractivity contribution is 0.692.